The molecular formula is C19H19N3O5. The first-order chi connectivity index (χ1) is 13.0. The van der Waals surface area contributed by atoms with Crippen LogP contribution < -0.4 is 5.32 Å². The van der Waals surface area contributed by atoms with Gasteiger partial charge in [-0.3, -0.25) is 9.59 Å². The molecule has 2 heterocycles. The second-order valence-electron chi connectivity index (χ2n) is 5.98. The maximum absolute atomic E-state index is 12.1. The van der Waals surface area contributed by atoms with Crippen molar-refractivity contribution in [1.29, 1.82) is 0 Å². The zero-order valence-electron chi connectivity index (χ0n) is 15.0. The van der Waals surface area contributed by atoms with Gasteiger partial charge < -0.3 is 19.0 Å². The number of hydrogen-bond donors (Lipinski definition) is 1. The van der Waals surface area contributed by atoms with E-state index in [1.807, 2.05) is 25.1 Å². The number of nitrogens with one attached hydrogen (secondary N) is 1. The van der Waals surface area contributed by atoms with Crippen molar-refractivity contribution in [1.82, 2.24) is 10.1 Å². The quantitative estimate of drug-likeness (QED) is 0.637. The summed E-state index contributed by atoms with van der Waals surface area (Å²) in [7, 11) is 0. The summed E-state index contributed by atoms with van der Waals surface area (Å²) < 4.78 is 15.4. The topological polar surface area (TPSA) is 107 Å². The number of carbonyl (C=O) groups is 2. The Morgan fingerprint density at radius 2 is 2.11 bits per heavy atom. The summed E-state index contributed by atoms with van der Waals surface area (Å²) in [6, 6.07) is 10.8. The van der Waals surface area contributed by atoms with Crippen LogP contribution in [0, 0.1) is 6.92 Å². The lowest BCUT2D eigenvalue weighted by Crippen LogP contribution is -2.30. The molecule has 0 saturated heterocycles. The number of esters is 1. The summed E-state index contributed by atoms with van der Waals surface area (Å²) >= 11 is 0. The van der Waals surface area contributed by atoms with Gasteiger partial charge >= 0.3 is 5.97 Å². The highest BCUT2D eigenvalue weighted by Gasteiger charge is 2.19. The van der Waals surface area contributed by atoms with Gasteiger partial charge in [0.05, 0.1) is 12.7 Å². The lowest BCUT2D eigenvalue weighted by atomic mass is 10.2. The minimum Gasteiger partial charge on any atom is -0.461 e. The first kappa shape index (κ1) is 18.4. The Balaban J connectivity index is 1.46. The lowest BCUT2D eigenvalue weighted by Gasteiger charge is -2.13. The standard InChI is InChI=1S/C19H19N3O5/c1-12-5-3-6-14(11-12)20-19(24)13(2)26-17(23)9-8-16-21-18(22-27-16)15-7-4-10-25-15/h3-7,10-11,13H,8-9H2,1-2H3,(H,20,24). The van der Waals surface area contributed by atoms with E-state index < -0.39 is 18.0 Å². The fourth-order valence-corrected chi connectivity index (χ4v) is 2.35. The van der Waals surface area contributed by atoms with Gasteiger partial charge in [-0.2, -0.15) is 4.98 Å². The Hall–Kier alpha value is -3.42. The summed E-state index contributed by atoms with van der Waals surface area (Å²) in [6.45, 7) is 3.44. The van der Waals surface area contributed by atoms with Crippen molar-refractivity contribution in [3.63, 3.8) is 0 Å². The van der Waals surface area contributed by atoms with Crippen LogP contribution in [0.1, 0.15) is 24.8 Å². The van der Waals surface area contributed by atoms with Crippen molar-refractivity contribution in [2.24, 2.45) is 0 Å². The first-order valence-corrected chi connectivity index (χ1v) is 8.45. The predicted octanol–water partition coefficient (Wildman–Crippen LogP) is 3.14. The lowest BCUT2D eigenvalue weighted by molar-refractivity contribution is -0.153. The van der Waals surface area contributed by atoms with E-state index >= 15 is 0 Å². The molecule has 2 aromatic heterocycles. The van der Waals surface area contributed by atoms with Crippen molar-refractivity contribution in [2.75, 3.05) is 5.32 Å². The number of hydrogen-bond acceptors (Lipinski definition) is 7. The maximum atomic E-state index is 12.1. The van der Waals surface area contributed by atoms with Crippen LogP contribution in [0.3, 0.4) is 0 Å². The van der Waals surface area contributed by atoms with Gasteiger partial charge in [0.25, 0.3) is 5.91 Å². The van der Waals surface area contributed by atoms with E-state index in [4.69, 9.17) is 13.7 Å². The summed E-state index contributed by atoms with van der Waals surface area (Å²) in [5, 5.41) is 6.50. The molecule has 0 radical (unpaired) electrons. The monoisotopic (exact) mass is 369 g/mol. The fourth-order valence-electron chi connectivity index (χ4n) is 2.35. The molecule has 1 N–H and O–H groups in total. The van der Waals surface area contributed by atoms with Crippen molar-refractivity contribution < 1.29 is 23.3 Å². The first-order valence-electron chi connectivity index (χ1n) is 8.45. The zero-order chi connectivity index (χ0) is 19.2. The van der Waals surface area contributed by atoms with Crippen LogP contribution in [0.15, 0.2) is 51.6 Å². The fraction of sp³-hybridized carbons (Fsp3) is 0.263. The molecule has 140 valence electrons. The molecule has 3 rings (SSSR count). The van der Waals surface area contributed by atoms with Gasteiger partial charge in [0, 0.05) is 12.1 Å². The normalized spacial score (nSPS) is 11.8. The summed E-state index contributed by atoms with van der Waals surface area (Å²) in [6.07, 6.45) is 0.811. The molecule has 1 aromatic carbocycles. The van der Waals surface area contributed by atoms with Gasteiger partial charge in [0.15, 0.2) is 11.9 Å². The average Bonchev–Trinajstić information content (AvgIpc) is 3.31. The van der Waals surface area contributed by atoms with Crippen LogP contribution in [0.2, 0.25) is 0 Å². The molecule has 1 unspecified atom stereocenters. The third kappa shape index (κ3) is 5.04. The highest BCUT2D eigenvalue weighted by atomic mass is 16.5. The zero-order valence-corrected chi connectivity index (χ0v) is 15.0. The van der Waals surface area contributed by atoms with E-state index in [0.29, 0.717) is 17.3 Å². The smallest absolute Gasteiger partial charge is 0.307 e. The molecule has 0 bridgehead atoms. The van der Waals surface area contributed by atoms with Gasteiger partial charge in [-0.15, -0.1) is 0 Å². The van der Waals surface area contributed by atoms with Crippen LogP contribution in [0.25, 0.3) is 11.6 Å². The van der Waals surface area contributed by atoms with E-state index in [2.05, 4.69) is 15.5 Å². The second-order valence-corrected chi connectivity index (χ2v) is 5.98. The largest absolute Gasteiger partial charge is 0.461 e. The Labute approximate surface area is 155 Å². The Morgan fingerprint density at radius 1 is 1.26 bits per heavy atom. The van der Waals surface area contributed by atoms with Gasteiger partial charge in [-0.1, -0.05) is 17.3 Å². The van der Waals surface area contributed by atoms with Gasteiger partial charge in [-0.05, 0) is 43.7 Å². The third-order valence-corrected chi connectivity index (χ3v) is 3.72. The van der Waals surface area contributed by atoms with Gasteiger partial charge in [-0.25, -0.2) is 0 Å². The number of nitrogens with zero attached hydrogens (tertiary/aromatic N) is 2. The number of carbonyl (C=O) groups excluding carboxylic acids is 2. The number of aromatic nitrogens is 2. The molecule has 3 aromatic rings. The van der Waals surface area contributed by atoms with Crippen molar-refractivity contribution in [3.8, 4) is 11.6 Å². The molecule has 27 heavy (non-hydrogen) atoms. The van der Waals surface area contributed by atoms with E-state index in [0.717, 1.165) is 5.56 Å². The molecule has 8 heteroatoms. The molecular weight excluding hydrogens is 350 g/mol. The second kappa shape index (κ2) is 8.31. The van der Waals surface area contributed by atoms with E-state index in [9.17, 15) is 9.59 Å². The molecule has 1 atom stereocenters. The molecule has 8 nitrogen and oxygen atoms in total. The van der Waals surface area contributed by atoms with Crippen LogP contribution >= 0.6 is 0 Å². The van der Waals surface area contributed by atoms with E-state index in [1.54, 1.807) is 18.2 Å². The molecule has 0 fully saturated rings. The molecule has 1 amide bonds. The van der Waals surface area contributed by atoms with Crippen LogP contribution in [-0.2, 0) is 20.7 Å². The molecule has 0 aliphatic heterocycles. The van der Waals surface area contributed by atoms with Crippen LogP contribution in [0.5, 0.6) is 0 Å². The minimum absolute atomic E-state index is 0.0157. The number of rotatable bonds is 7. The predicted molar refractivity (Wildman–Crippen MR) is 95.7 cm³/mol. The number of aryl methyl sites for hydroxylation is 2. The summed E-state index contributed by atoms with van der Waals surface area (Å²) in [4.78, 5) is 28.2. The third-order valence-electron chi connectivity index (χ3n) is 3.72. The summed E-state index contributed by atoms with van der Waals surface area (Å²) in [5.41, 5.74) is 1.67. The number of benzene rings is 1. The van der Waals surface area contributed by atoms with Gasteiger partial charge in [0.2, 0.25) is 11.7 Å². The van der Waals surface area contributed by atoms with Crippen molar-refractivity contribution in [3.05, 3.63) is 54.1 Å². The number of ether oxygens (including phenoxy) is 1. The van der Waals surface area contributed by atoms with Crippen molar-refractivity contribution >= 4 is 17.6 Å². The number of amides is 1. The average molecular weight is 369 g/mol. The SMILES string of the molecule is Cc1cccc(NC(=O)C(C)OC(=O)CCc2nc(-c3ccco3)no2)c1. The summed E-state index contributed by atoms with van der Waals surface area (Å²) in [5.74, 6) is 0.157. The molecule has 0 aliphatic rings. The molecule has 0 saturated carbocycles. The van der Waals surface area contributed by atoms with Crippen molar-refractivity contribution in [2.45, 2.75) is 32.8 Å². The molecule has 0 spiro atoms. The highest BCUT2D eigenvalue weighted by Crippen LogP contribution is 2.16. The Kier molecular flexibility index (Phi) is 5.65. The Bertz CT molecular complexity index is 917. The minimum atomic E-state index is -0.917. The number of anilines is 1. The van der Waals surface area contributed by atoms with Crippen LogP contribution in [-0.4, -0.2) is 28.1 Å². The number of furan rings is 1. The Morgan fingerprint density at radius 3 is 2.85 bits per heavy atom. The van der Waals surface area contributed by atoms with E-state index in [-0.39, 0.29) is 18.7 Å². The van der Waals surface area contributed by atoms with Crippen LogP contribution in [0.4, 0.5) is 5.69 Å². The van der Waals surface area contributed by atoms with Gasteiger partial charge in [0.1, 0.15) is 0 Å². The molecule has 0 aliphatic carbocycles. The van der Waals surface area contributed by atoms with E-state index in [1.165, 1.54) is 13.2 Å². The maximum Gasteiger partial charge on any atom is 0.307 e. The highest BCUT2D eigenvalue weighted by molar-refractivity contribution is 5.95.